The quantitative estimate of drug-likeness (QED) is 0.734. The lowest BCUT2D eigenvalue weighted by atomic mass is 9.93. The van der Waals surface area contributed by atoms with Gasteiger partial charge in [0, 0.05) is 12.1 Å². The highest BCUT2D eigenvalue weighted by atomic mass is 32.1. The number of hydrogen-bond acceptors (Lipinski definition) is 4. The van der Waals surface area contributed by atoms with Crippen molar-refractivity contribution in [2.75, 3.05) is 13.7 Å². The Balaban J connectivity index is 1.60. The molecule has 0 bridgehead atoms. The van der Waals surface area contributed by atoms with Gasteiger partial charge < -0.3 is 9.64 Å². The molecule has 4 nitrogen and oxygen atoms in total. The zero-order valence-corrected chi connectivity index (χ0v) is 13.5. The molecule has 0 aliphatic carbocycles. The van der Waals surface area contributed by atoms with Gasteiger partial charge >= 0.3 is 0 Å². The first-order valence-corrected chi connectivity index (χ1v) is 8.42. The van der Waals surface area contributed by atoms with Crippen LogP contribution < -0.4 is 4.74 Å². The van der Waals surface area contributed by atoms with Crippen LogP contribution in [-0.2, 0) is 0 Å². The number of carbonyl (C=O) groups is 1. The molecule has 5 heteroatoms. The molecule has 1 fully saturated rings. The van der Waals surface area contributed by atoms with Gasteiger partial charge in [0.05, 0.1) is 28.9 Å². The number of rotatable bonds is 3. The van der Waals surface area contributed by atoms with E-state index in [2.05, 4.69) is 11.1 Å². The number of aromatic nitrogens is 1. The zero-order chi connectivity index (χ0) is 15.8. The molecule has 1 aliphatic heterocycles. The van der Waals surface area contributed by atoms with Crippen LogP contribution in [0.3, 0.4) is 0 Å². The van der Waals surface area contributed by atoms with Crippen LogP contribution in [0.2, 0.25) is 0 Å². The summed E-state index contributed by atoms with van der Waals surface area (Å²) in [5, 5.41) is 0. The summed E-state index contributed by atoms with van der Waals surface area (Å²) in [6.45, 7) is 0.793. The van der Waals surface area contributed by atoms with Gasteiger partial charge in [-0.1, -0.05) is 12.1 Å². The van der Waals surface area contributed by atoms with Gasteiger partial charge in [0.1, 0.15) is 5.75 Å². The van der Waals surface area contributed by atoms with E-state index in [0.29, 0.717) is 0 Å². The molecule has 2 aromatic carbocycles. The summed E-state index contributed by atoms with van der Waals surface area (Å²) in [5.74, 6) is 0.909. The first kappa shape index (κ1) is 14.2. The minimum atomic E-state index is 0.0827. The van der Waals surface area contributed by atoms with Gasteiger partial charge in [-0.05, 0) is 42.3 Å². The molecular weight excluding hydrogens is 308 g/mol. The molecule has 0 spiro atoms. The van der Waals surface area contributed by atoms with E-state index in [9.17, 15) is 4.79 Å². The Bertz CT molecular complexity index is 874. The highest BCUT2D eigenvalue weighted by molar-refractivity contribution is 7.16. The number of nitrogens with zero attached hydrogens (tertiary/aromatic N) is 2. The van der Waals surface area contributed by atoms with Gasteiger partial charge in [0.15, 0.2) is 0 Å². The highest BCUT2D eigenvalue weighted by Crippen LogP contribution is 2.36. The molecule has 1 aliphatic rings. The second kappa shape index (κ2) is 5.66. The lowest BCUT2D eigenvalue weighted by Gasteiger charge is -2.41. The molecule has 1 saturated heterocycles. The van der Waals surface area contributed by atoms with E-state index in [4.69, 9.17) is 4.74 Å². The summed E-state index contributed by atoms with van der Waals surface area (Å²) in [6.07, 6.45) is 0.988. The molecule has 23 heavy (non-hydrogen) atoms. The number of likely N-dealkylation sites (tertiary alicyclic amines) is 1. The van der Waals surface area contributed by atoms with Crippen molar-refractivity contribution in [1.29, 1.82) is 0 Å². The Morgan fingerprint density at radius 2 is 2.22 bits per heavy atom. The molecule has 116 valence electrons. The summed E-state index contributed by atoms with van der Waals surface area (Å²) in [4.78, 5) is 19.0. The van der Waals surface area contributed by atoms with Crippen LogP contribution >= 0.6 is 11.3 Å². The van der Waals surface area contributed by atoms with Crippen LogP contribution in [0, 0.1) is 0 Å². The van der Waals surface area contributed by atoms with Crippen molar-refractivity contribution >= 4 is 27.5 Å². The highest BCUT2D eigenvalue weighted by Gasteiger charge is 2.34. The van der Waals surface area contributed by atoms with Gasteiger partial charge in [0.25, 0.3) is 5.91 Å². The average Bonchev–Trinajstić information content (AvgIpc) is 3.01. The third-order valence-corrected chi connectivity index (χ3v) is 5.13. The van der Waals surface area contributed by atoms with E-state index < -0.39 is 0 Å². The molecule has 1 unspecified atom stereocenters. The predicted octanol–water partition coefficient (Wildman–Crippen LogP) is 3.89. The third-order valence-electron chi connectivity index (χ3n) is 4.34. The second-order valence-corrected chi connectivity index (χ2v) is 6.50. The Labute approximate surface area is 138 Å². The van der Waals surface area contributed by atoms with Gasteiger partial charge in [0.2, 0.25) is 0 Å². The molecule has 2 heterocycles. The number of hydrogen-bond donors (Lipinski definition) is 0. The van der Waals surface area contributed by atoms with Crippen molar-refractivity contribution < 1.29 is 9.53 Å². The second-order valence-electron chi connectivity index (χ2n) is 5.61. The van der Waals surface area contributed by atoms with Crippen LogP contribution in [-0.4, -0.2) is 29.4 Å². The maximum atomic E-state index is 12.8. The van der Waals surface area contributed by atoms with Crippen LogP contribution in [0.15, 0.2) is 48.0 Å². The number of ether oxygens (including phenoxy) is 1. The fourth-order valence-electron chi connectivity index (χ4n) is 2.98. The van der Waals surface area contributed by atoms with Gasteiger partial charge in [-0.25, -0.2) is 4.98 Å². The minimum Gasteiger partial charge on any atom is -0.497 e. The van der Waals surface area contributed by atoms with E-state index >= 15 is 0 Å². The van der Waals surface area contributed by atoms with Gasteiger partial charge in [-0.2, -0.15) is 0 Å². The molecule has 3 aromatic rings. The molecular formula is C18H16N2O2S. The van der Waals surface area contributed by atoms with E-state index in [1.54, 1.807) is 18.4 Å². The van der Waals surface area contributed by atoms with Crippen molar-refractivity contribution in [3.05, 3.63) is 59.1 Å². The van der Waals surface area contributed by atoms with Crippen LogP contribution in [0.25, 0.3) is 10.2 Å². The fourth-order valence-corrected chi connectivity index (χ4v) is 3.70. The normalized spacial score (nSPS) is 17.1. The topological polar surface area (TPSA) is 42.4 Å². The summed E-state index contributed by atoms with van der Waals surface area (Å²) >= 11 is 1.56. The van der Waals surface area contributed by atoms with Crippen molar-refractivity contribution in [2.24, 2.45) is 0 Å². The van der Waals surface area contributed by atoms with Crippen molar-refractivity contribution in [3.8, 4) is 5.75 Å². The molecule has 0 radical (unpaired) electrons. The summed E-state index contributed by atoms with van der Waals surface area (Å²) in [7, 11) is 1.66. The molecule has 0 saturated carbocycles. The number of carbonyl (C=O) groups excluding carboxylic acids is 1. The monoisotopic (exact) mass is 324 g/mol. The molecule has 1 atom stereocenters. The standard InChI is InChI=1S/C18H16N2O2S/c1-22-14-4-2-3-12(9-14)16-7-8-20(16)18(21)13-5-6-15-17(10-13)23-11-19-15/h2-6,9-11,16H,7-8H2,1H3. The number of methoxy groups -OCH3 is 1. The lowest BCUT2D eigenvalue weighted by Crippen LogP contribution is -2.45. The van der Waals surface area contributed by atoms with E-state index in [1.807, 2.05) is 46.8 Å². The third kappa shape index (κ3) is 2.47. The number of thiazole rings is 1. The fraction of sp³-hybridized carbons (Fsp3) is 0.222. The Morgan fingerprint density at radius 1 is 1.30 bits per heavy atom. The van der Waals surface area contributed by atoms with Crippen molar-refractivity contribution in [3.63, 3.8) is 0 Å². The minimum absolute atomic E-state index is 0.0827. The van der Waals surface area contributed by atoms with Gasteiger partial charge in [-0.3, -0.25) is 4.79 Å². The molecule has 4 rings (SSSR count). The van der Waals surface area contributed by atoms with E-state index in [1.165, 1.54) is 0 Å². The zero-order valence-electron chi connectivity index (χ0n) is 12.7. The van der Waals surface area contributed by atoms with Crippen LogP contribution in [0.5, 0.6) is 5.75 Å². The lowest BCUT2D eigenvalue weighted by molar-refractivity contribution is 0.0460. The van der Waals surface area contributed by atoms with Crippen molar-refractivity contribution in [1.82, 2.24) is 9.88 Å². The Morgan fingerprint density at radius 3 is 3.00 bits per heavy atom. The number of benzene rings is 2. The maximum Gasteiger partial charge on any atom is 0.254 e. The van der Waals surface area contributed by atoms with Crippen molar-refractivity contribution in [2.45, 2.75) is 12.5 Å². The summed E-state index contributed by atoms with van der Waals surface area (Å²) in [6, 6.07) is 13.8. The van der Waals surface area contributed by atoms with E-state index in [0.717, 1.165) is 40.1 Å². The molecule has 1 amide bonds. The first-order valence-electron chi connectivity index (χ1n) is 7.54. The van der Waals surface area contributed by atoms with Gasteiger partial charge in [-0.15, -0.1) is 11.3 Å². The van der Waals surface area contributed by atoms with E-state index in [-0.39, 0.29) is 11.9 Å². The van der Waals surface area contributed by atoms with Crippen LogP contribution in [0.4, 0.5) is 0 Å². The number of fused-ring (bicyclic) bond motifs is 1. The number of amides is 1. The maximum absolute atomic E-state index is 12.8. The Kier molecular flexibility index (Phi) is 3.50. The first-order chi connectivity index (χ1) is 11.3. The SMILES string of the molecule is COc1cccc(C2CCN2C(=O)c2ccc3ncsc3c2)c1. The summed E-state index contributed by atoms with van der Waals surface area (Å²) < 4.78 is 6.33. The molecule has 1 aromatic heterocycles. The average molecular weight is 324 g/mol. The Hall–Kier alpha value is -2.40. The molecule has 0 N–H and O–H groups in total. The van der Waals surface area contributed by atoms with Crippen LogP contribution in [0.1, 0.15) is 28.4 Å². The predicted molar refractivity (Wildman–Crippen MR) is 91.0 cm³/mol. The summed E-state index contributed by atoms with van der Waals surface area (Å²) in [5.41, 5.74) is 4.61. The smallest absolute Gasteiger partial charge is 0.254 e. The largest absolute Gasteiger partial charge is 0.497 e.